The van der Waals surface area contributed by atoms with Gasteiger partial charge >= 0.3 is 0 Å². The predicted molar refractivity (Wildman–Crippen MR) is 75.4 cm³/mol. The van der Waals surface area contributed by atoms with E-state index >= 15 is 0 Å². The SMILES string of the molecule is CCNC(=O)CN1CCN(c2c(C)n[nH]c2C)CC1. The van der Waals surface area contributed by atoms with E-state index in [2.05, 4.69) is 32.2 Å². The van der Waals surface area contributed by atoms with Gasteiger partial charge in [-0.25, -0.2) is 0 Å². The number of amides is 1. The van der Waals surface area contributed by atoms with Gasteiger partial charge in [-0.2, -0.15) is 5.10 Å². The molecular formula is C13H23N5O. The van der Waals surface area contributed by atoms with E-state index in [1.54, 1.807) is 0 Å². The monoisotopic (exact) mass is 265 g/mol. The number of aromatic nitrogens is 2. The topological polar surface area (TPSA) is 64.3 Å². The van der Waals surface area contributed by atoms with Crippen molar-refractivity contribution < 1.29 is 4.79 Å². The fourth-order valence-corrected chi connectivity index (χ4v) is 2.60. The van der Waals surface area contributed by atoms with Gasteiger partial charge in [-0.15, -0.1) is 0 Å². The van der Waals surface area contributed by atoms with Crippen LogP contribution in [0.3, 0.4) is 0 Å². The molecule has 0 aromatic carbocycles. The Kier molecular flexibility index (Phi) is 4.42. The zero-order valence-electron chi connectivity index (χ0n) is 12.0. The van der Waals surface area contributed by atoms with Crippen LogP contribution < -0.4 is 10.2 Å². The fraction of sp³-hybridized carbons (Fsp3) is 0.692. The van der Waals surface area contributed by atoms with Crippen LogP contribution in [0.1, 0.15) is 18.3 Å². The summed E-state index contributed by atoms with van der Waals surface area (Å²) in [6, 6.07) is 0. The lowest BCUT2D eigenvalue weighted by Gasteiger charge is -2.35. The number of H-pyrrole nitrogens is 1. The summed E-state index contributed by atoms with van der Waals surface area (Å²) in [7, 11) is 0. The first-order chi connectivity index (χ1) is 9.11. The molecule has 1 aliphatic heterocycles. The maximum Gasteiger partial charge on any atom is 0.234 e. The molecular weight excluding hydrogens is 242 g/mol. The van der Waals surface area contributed by atoms with Crippen molar-refractivity contribution in [2.45, 2.75) is 20.8 Å². The number of carbonyl (C=O) groups excluding carboxylic acids is 1. The Hall–Kier alpha value is -1.56. The van der Waals surface area contributed by atoms with Crippen LogP contribution in [-0.4, -0.2) is 60.3 Å². The maximum atomic E-state index is 11.5. The fourth-order valence-electron chi connectivity index (χ4n) is 2.60. The quantitative estimate of drug-likeness (QED) is 0.821. The Morgan fingerprint density at radius 2 is 2.00 bits per heavy atom. The Morgan fingerprint density at radius 1 is 1.32 bits per heavy atom. The van der Waals surface area contributed by atoms with Crippen molar-refractivity contribution in [3.05, 3.63) is 11.4 Å². The van der Waals surface area contributed by atoms with Gasteiger partial charge in [0.05, 0.1) is 23.6 Å². The van der Waals surface area contributed by atoms with Crippen molar-refractivity contribution in [3.8, 4) is 0 Å². The average molecular weight is 265 g/mol. The number of anilines is 1. The first-order valence-electron chi connectivity index (χ1n) is 6.87. The van der Waals surface area contributed by atoms with Gasteiger partial charge in [0.1, 0.15) is 0 Å². The lowest BCUT2D eigenvalue weighted by molar-refractivity contribution is -0.122. The minimum absolute atomic E-state index is 0.117. The van der Waals surface area contributed by atoms with Crippen LogP contribution in [0, 0.1) is 13.8 Å². The minimum Gasteiger partial charge on any atom is -0.366 e. The van der Waals surface area contributed by atoms with Crippen molar-refractivity contribution in [3.63, 3.8) is 0 Å². The summed E-state index contributed by atoms with van der Waals surface area (Å²) in [5.41, 5.74) is 3.39. The number of hydrogen-bond acceptors (Lipinski definition) is 4. The molecule has 0 aliphatic carbocycles. The number of aromatic amines is 1. The van der Waals surface area contributed by atoms with E-state index in [0.29, 0.717) is 13.1 Å². The molecule has 1 amide bonds. The van der Waals surface area contributed by atoms with Crippen molar-refractivity contribution in [2.24, 2.45) is 0 Å². The number of piperazine rings is 1. The van der Waals surface area contributed by atoms with Crippen LogP contribution in [0.2, 0.25) is 0 Å². The zero-order valence-corrected chi connectivity index (χ0v) is 12.0. The Morgan fingerprint density at radius 3 is 2.53 bits per heavy atom. The second kappa shape index (κ2) is 6.06. The second-order valence-corrected chi connectivity index (χ2v) is 5.00. The largest absolute Gasteiger partial charge is 0.366 e. The molecule has 1 aromatic rings. The third kappa shape index (κ3) is 3.26. The summed E-state index contributed by atoms with van der Waals surface area (Å²) < 4.78 is 0. The number of likely N-dealkylation sites (N-methyl/N-ethyl adjacent to an activating group) is 1. The molecule has 0 unspecified atom stereocenters. The summed E-state index contributed by atoms with van der Waals surface area (Å²) in [5, 5.41) is 10.1. The van der Waals surface area contributed by atoms with E-state index in [9.17, 15) is 4.79 Å². The molecule has 1 saturated heterocycles. The molecule has 19 heavy (non-hydrogen) atoms. The van der Waals surface area contributed by atoms with Crippen LogP contribution in [0.5, 0.6) is 0 Å². The number of aryl methyl sites for hydroxylation is 2. The highest BCUT2D eigenvalue weighted by Gasteiger charge is 2.22. The van der Waals surface area contributed by atoms with Gasteiger partial charge in [0.2, 0.25) is 5.91 Å². The zero-order chi connectivity index (χ0) is 13.8. The van der Waals surface area contributed by atoms with Crippen molar-refractivity contribution in [1.82, 2.24) is 20.4 Å². The smallest absolute Gasteiger partial charge is 0.234 e. The van der Waals surface area contributed by atoms with Gasteiger partial charge in [0, 0.05) is 32.7 Å². The average Bonchev–Trinajstić information content (AvgIpc) is 2.71. The van der Waals surface area contributed by atoms with Crippen LogP contribution >= 0.6 is 0 Å². The van der Waals surface area contributed by atoms with Gasteiger partial charge in [-0.1, -0.05) is 0 Å². The minimum atomic E-state index is 0.117. The molecule has 1 aliphatic rings. The van der Waals surface area contributed by atoms with Crippen molar-refractivity contribution in [2.75, 3.05) is 44.2 Å². The predicted octanol–water partition coefficient (Wildman–Crippen LogP) is 0.285. The van der Waals surface area contributed by atoms with Gasteiger partial charge < -0.3 is 10.2 Å². The molecule has 0 radical (unpaired) electrons. The standard InChI is InChI=1S/C13H23N5O/c1-4-14-12(19)9-17-5-7-18(8-6-17)13-10(2)15-16-11(13)3/h4-9H2,1-3H3,(H,14,19)(H,15,16). The summed E-state index contributed by atoms with van der Waals surface area (Å²) in [6.45, 7) is 11.0. The Balaban J connectivity index is 1.87. The van der Waals surface area contributed by atoms with E-state index in [4.69, 9.17) is 0 Å². The molecule has 0 saturated carbocycles. The third-order valence-corrected chi connectivity index (χ3v) is 3.52. The van der Waals surface area contributed by atoms with Gasteiger partial charge in [-0.3, -0.25) is 14.8 Å². The molecule has 0 spiro atoms. The molecule has 0 atom stereocenters. The number of hydrogen-bond donors (Lipinski definition) is 2. The molecule has 106 valence electrons. The summed E-state index contributed by atoms with van der Waals surface area (Å²) in [4.78, 5) is 16.1. The van der Waals surface area contributed by atoms with E-state index in [-0.39, 0.29) is 5.91 Å². The Labute approximate surface area is 114 Å². The highest BCUT2D eigenvalue weighted by Crippen LogP contribution is 2.23. The summed E-state index contributed by atoms with van der Waals surface area (Å²) in [5.74, 6) is 0.117. The van der Waals surface area contributed by atoms with Crippen LogP contribution in [0.15, 0.2) is 0 Å². The lowest BCUT2D eigenvalue weighted by atomic mass is 10.2. The van der Waals surface area contributed by atoms with E-state index in [1.807, 2.05) is 13.8 Å². The normalized spacial score (nSPS) is 16.7. The molecule has 1 aromatic heterocycles. The number of nitrogens with one attached hydrogen (secondary N) is 2. The first kappa shape index (κ1) is 13.9. The number of rotatable bonds is 4. The van der Waals surface area contributed by atoms with Crippen molar-refractivity contribution >= 4 is 11.6 Å². The summed E-state index contributed by atoms with van der Waals surface area (Å²) in [6.07, 6.45) is 0. The maximum absolute atomic E-state index is 11.5. The van der Waals surface area contributed by atoms with Crippen molar-refractivity contribution in [1.29, 1.82) is 0 Å². The molecule has 2 N–H and O–H groups in total. The van der Waals surface area contributed by atoms with Gasteiger partial charge in [-0.05, 0) is 20.8 Å². The molecule has 1 fully saturated rings. The molecule has 6 heteroatoms. The van der Waals surface area contributed by atoms with E-state index in [0.717, 1.165) is 37.6 Å². The van der Waals surface area contributed by atoms with Gasteiger partial charge in [0.15, 0.2) is 0 Å². The molecule has 6 nitrogen and oxygen atoms in total. The number of carbonyl (C=O) groups is 1. The number of nitrogens with zero attached hydrogens (tertiary/aromatic N) is 3. The van der Waals surface area contributed by atoms with Crippen LogP contribution in [0.25, 0.3) is 0 Å². The van der Waals surface area contributed by atoms with Gasteiger partial charge in [0.25, 0.3) is 0 Å². The summed E-state index contributed by atoms with van der Waals surface area (Å²) >= 11 is 0. The first-order valence-corrected chi connectivity index (χ1v) is 6.87. The third-order valence-electron chi connectivity index (χ3n) is 3.52. The second-order valence-electron chi connectivity index (χ2n) is 5.00. The highest BCUT2D eigenvalue weighted by atomic mass is 16.2. The van der Waals surface area contributed by atoms with Crippen LogP contribution in [-0.2, 0) is 4.79 Å². The molecule has 2 heterocycles. The van der Waals surface area contributed by atoms with E-state index in [1.165, 1.54) is 5.69 Å². The Bertz CT molecular complexity index is 415. The lowest BCUT2D eigenvalue weighted by Crippen LogP contribution is -2.49. The van der Waals surface area contributed by atoms with E-state index < -0.39 is 0 Å². The molecule has 2 rings (SSSR count). The van der Waals surface area contributed by atoms with Crippen LogP contribution in [0.4, 0.5) is 5.69 Å². The highest BCUT2D eigenvalue weighted by molar-refractivity contribution is 5.78. The molecule has 0 bridgehead atoms.